The molecule has 0 N–H and O–H groups in total. The van der Waals surface area contributed by atoms with E-state index in [2.05, 4.69) is 0 Å². The highest BCUT2D eigenvalue weighted by Gasteiger charge is 2.23. The third-order valence-electron chi connectivity index (χ3n) is 5.12. The van der Waals surface area contributed by atoms with Crippen LogP contribution in [0.5, 0.6) is 5.75 Å². The molecule has 1 aliphatic rings. The Hall–Kier alpha value is -3.59. The lowest BCUT2D eigenvalue weighted by Crippen LogP contribution is -2.38. The Labute approximate surface area is 162 Å². The van der Waals surface area contributed by atoms with Gasteiger partial charge >= 0.3 is 0 Å². The van der Waals surface area contributed by atoms with Gasteiger partial charge in [-0.15, -0.1) is 0 Å². The van der Waals surface area contributed by atoms with Crippen molar-refractivity contribution in [1.82, 2.24) is 4.57 Å². The number of anilines is 1. The number of para-hydroxylation sites is 1. The van der Waals surface area contributed by atoms with Crippen LogP contribution in [0, 0.1) is 11.3 Å². The van der Waals surface area contributed by atoms with Gasteiger partial charge in [0.25, 0.3) is 0 Å². The highest BCUT2D eigenvalue weighted by Crippen LogP contribution is 2.30. The van der Waals surface area contributed by atoms with Gasteiger partial charge in [0.05, 0.1) is 12.6 Å². The largest absolute Gasteiger partial charge is 0.497 e. The molecule has 28 heavy (non-hydrogen) atoms. The summed E-state index contributed by atoms with van der Waals surface area (Å²) in [6.45, 7) is 0.697. The molecule has 3 aromatic rings. The second-order valence-corrected chi connectivity index (χ2v) is 6.77. The fourth-order valence-electron chi connectivity index (χ4n) is 3.75. The molecule has 6 nitrogen and oxygen atoms in total. The third kappa shape index (κ3) is 3.01. The van der Waals surface area contributed by atoms with Crippen LogP contribution in [-0.2, 0) is 17.8 Å². The normalized spacial score (nSPS) is 13.1. The highest BCUT2D eigenvalue weighted by molar-refractivity contribution is 5.95. The molecule has 0 bridgehead atoms. The number of benzene rings is 2. The molecular formula is C22H19N3O3. The molecular weight excluding hydrogens is 354 g/mol. The van der Waals surface area contributed by atoms with E-state index < -0.39 is 0 Å². The molecule has 4 rings (SSSR count). The van der Waals surface area contributed by atoms with Gasteiger partial charge in [0.15, 0.2) is 0 Å². The molecule has 2 aromatic carbocycles. The molecule has 140 valence electrons. The predicted octanol–water partition coefficient (Wildman–Crippen LogP) is 2.86. The fourth-order valence-corrected chi connectivity index (χ4v) is 3.75. The molecule has 0 fully saturated rings. The van der Waals surface area contributed by atoms with Crippen molar-refractivity contribution >= 4 is 22.5 Å². The Balaban J connectivity index is 1.72. The molecule has 0 saturated carbocycles. The van der Waals surface area contributed by atoms with E-state index in [0.29, 0.717) is 17.4 Å². The maximum atomic E-state index is 13.1. The number of aryl methyl sites for hydroxylation is 1. The number of pyridine rings is 1. The molecule has 2 heterocycles. The smallest absolute Gasteiger partial charge is 0.246 e. The third-order valence-corrected chi connectivity index (χ3v) is 5.12. The standard InChI is InChI=1S/C22H19N3O3/c1-28-17-8-9-19-15(11-17)5-4-10-25(19)21(26)14-24-13-16(12-23)22(27)18-6-2-3-7-20(18)24/h2-3,6-9,11,13H,4-5,10,14H2,1H3. The number of carbonyl (C=O) groups excluding carboxylic acids is 1. The molecule has 0 atom stereocenters. The van der Waals surface area contributed by atoms with Crippen molar-refractivity contribution in [3.05, 3.63) is 70.0 Å². The van der Waals surface area contributed by atoms with Gasteiger partial charge < -0.3 is 14.2 Å². The maximum Gasteiger partial charge on any atom is 0.246 e. The number of nitrogens with zero attached hydrogens (tertiary/aromatic N) is 3. The lowest BCUT2D eigenvalue weighted by Gasteiger charge is -2.30. The zero-order valence-corrected chi connectivity index (χ0v) is 15.5. The van der Waals surface area contributed by atoms with Gasteiger partial charge in [-0.05, 0) is 48.7 Å². The Morgan fingerprint density at radius 3 is 2.86 bits per heavy atom. The van der Waals surface area contributed by atoms with Crippen molar-refractivity contribution in [2.75, 3.05) is 18.6 Å². The van der Waals surface area contributed by atoms with E-state index in [9.17, 15) is 14.9 Å². The topological polar surface area (TPSA) is 75.3 Å². The first-order valence-electron chi connectivity index (χ1n) is 9.12. The molecule has 0 radical (unpaired) electrons. The van der Waals surface area contributed by atoms with Crippen LogP contribution in [0.3, 0.4) is 0 Å². The number of carbonyl (C=O) groups is 1. The molecule has 1 aromatic heterocycles. The number of fused-ring (bicyclic) bond motifs is 2. The van der Waals surface area contributed by atoms with Crippen molar-refractivity contribution in [2.45, 2.75) is 19.4 Å². The van der Waals surface area contributed by atoms with Gasteiger partial charge in [0.1, 0.15) is 23.9 Å². The molecule has 0 spiro atoms. The average Bonchev–Trinajstić information content (AvgIpc) is 2.74. The van der Waals surface area contributed by atoms with Crippen LogP contribution >= 0.6 is 0 Å². The summed E-state index contributed by atoms with van der Waals surface area (Å²) in [4.78, 5) is 27.3. The van der Waals surface area contributed by atoms with Gasteiger partial charge in [-0.25, -0.2) is 0 Å². The van der Waals surface area contributed by atoms with Crippen LogP contribution in [0.4, 0.5) is 5.69 Å². The van der Waals surface area contributed by atoms with Gasteiger partial charge in [-0.2, -0.15) is 5.26 Å². The minimum Gasteiger partial charge on any atom is -0.497 e. The monoisotopic (exact) mass is 373 g/mol. The number of aromatic nitrogens is 1. The number of nitriles is 1. The van der Waals surface area contributed by atoms with Crippen molar-refractivity contribution in [1.29, 1.82) is 5.26 Å². The van der Waals surface area contributed by atoms with Crippen LogP contribution in [0.15, 0.2) is 53.5 Å². The Morgan fingerprint density at radius 2 is 2.07 bits per heavy atom. The van der Waals surface area contributed by atoms with Crippen LogP contribution in [0.2, 0.25) is 0 Å². The van der Waals surface area contributed by atoms with Crippen molar-refractivity contribution < 1.29 is 9.53 Å². The van der Waals surface area contributed by atoms with Crippen LogP contribution < -0.4 is 15.1 Å². The fraction of sp³-hybridized carbons (Fsp3) is 0.227. The van der Waals surface area contributed by atoms with Gasteiger partial charge in [0.2, 0.25) is 11.3 Å². The van der Waals surface area contributed by atoms with E-state index in [1.54, 1.807) is 34.8 Å². The van der Waals surface area contributed by atoms with Crippen molar-refractivity contribution in [2.24, 2.45) is 0 Å². The van der Waals surface area contributed by atoms with E-state index >= 15 is 0 Å². The summed E-state index contributed by atoms with van der Waals surface area (Å²) in [5.74, 6) is 0.696. The molecule has 1 amide bonds. The Bertz CT molecular complexity index is 1170. The first-order chi connectivity index (χ1) is 13.6. The summed E-state index contributed by atoms with van der Waals surface area (Å²) in [7, 11) is 1.63. The van der Waals surface area contributed by atoms with Gasteiger partial charge in [0, 0.05) is 23.8 Å². The first-order valence-corrected chi connectivity index (χ1v) is 9.12. The number of hydrogen-bond acceptors (Lipinski definition) is 4. The van der Waals surface area contributed by atoms with Crippen LogP contribution in [0.1, 0.15) is 17.5 Å². The van der Waals surface area contributed by atoms with Gasteiger partial charge in [-0.3, -0.25) is 9.59 Å². The Morgan fingerprint density at radius 1 is 1.25 bits per heavy atom. The average molecular weight is 373 g/mol. The minimum absolute atomic E-state index is 0.0373. The number of rotatable bonds is 3. The van der Waals surface area contributed by atoms with Crippen molar-refractivity contribution in [3.8, 4) is 11.8 Å². The molecule has 0 aliphatic carbocycles. The summed E-state index contributed by atoms with van der Waals surface area (Å²) in [5, 5.41) is 9.74. The molecule has 6 heteroatoms. The lowest BCUT2D eigenvalue weighted by atomic mass is 10.0. The van der Waals surface area contributed by atoms with E-state index in [4.69, 9.17) is 4.74 Å². The Kier molecular flexibility index (Phi) is 4.58. The SMILES string of the molecule is COc1ccc2c(c1)CCCN2C(=O)Cn1cc(C#N)c(=O)c2ccccc21. The van der Waals surface area contributed by atoms with Crippen LogP contribution in [0.25, 0.3) is 10.9 Å². The van der Waals surface area contributed by atoms with Gasteiger partial charge in [-0.1, -0.05) is 12.1 Å². The number of methoxy groups -OCH3 is 1. The highest BCUT2D eigenvalue weighted by atomic mass is 16.5. The number of hydrogen-bond donors (Lipinski definition) is 0. The molecule has 0 saturated heterocycles. The second kappa shape index (κ2) is 7.20. The van der Waals surface area contributed by atoms with E-state index in [0.717, 1.165) is 29.8 Å². The predicted molar refractivity (Wildman–Crippen MR) is 107 cm³/mol. The summed E-state index contributed by atoms with van der Waals surface area (Å²) >= 11 is 0. The summed E-state index contributed by atoms with van der Waals surface area (Å²) < 4.78 is 6.98. The first kappa shape index (κ1) is 17.8. The molecule has 1 aliphatic heterocycles. The summed E-state index contributed by atoms with van der Waals surface area (Å²) in [5.41, 5.74) is 2.35. The molecule has 0 unspecified atom stereocenters. The van der Waals surface area contributed by atoms with E-state index in [1.165, 1.54) is 6.20 Å². The van der Waals surface area contributed by atoms with E-state index in [1.807, 2.05) is 30.3 Å². The van der Waals surface area contributed by atoms with E-state index in [-0.39, 0.29) is 23.4 Å². The summed E-state index contributed by atoms with van der Waals surface area (Å²) in [6, 6.07) is 14.7. The second-order valence-electron chi connectivity index (χ2n) is 6.77. The summed E-state index contributed by atoms with van der Waals surface area (Å²) in [6.07, 6.45) is 3.25. The number of amides is 1. The zero-order chi connectivity index (χ0) is 19.7. The lowest BCUT2D eigenvalue weighted by molar-refractivity contribution is -0.119. The quantitative estimate of drug-likeness (QED) is 0.707. The minimum atomic E-state index is -0.308. The zero-order valence-electron chi connectivity index (χ0n) is 15.5. The van der Waals surface area contributed by atoms with Crippen LogP contribution in [-0.4, -0.2) is 24.1 Å². The number of ether oxygens (including phenoxy) is 1. The van der Waals surface area contributed by atoms with Crippen molar-refractivity contribution in [3.63, 3.8) is 0 Å². The maximum absolute atomic E-state index is 13.1.